The first kappa shape index (κ1) is 19.6. The predicted molar refractivity (Wildman–Crippen MR) is 123 cm³/mol. The van der Waals surface area contributed by atoms with Gasteiger partial charge in [-0.3, -0.25) is 4.79 Å². The molecule has 0 fully saturated rings. The number of fused-ring (bicyclic) bond motifs is 3. The molecule has 2 aromatic heterocycles. The fourth-order valence-electron chi connectivity index (χ4n) is 3.61. The van der Waals surface area contributed by atoms with Crippen LogP contribution in [0.15, 0.2) is 78.9 Å². The van der Waals surface area contributed by atoms with Crippen molar-refractivity contribution in [2.75, 3.05) is 11.9 Å². The SMILES string of the molecule is CC(CNC(=O)c1cccc(Nc2nc3ccccc3n3nnnc23)c1)c1ccccc1. The van der Waals surface area contributed by atoms with Crippen LogP contribution in [0.2, 0.25) is 0 Å². The van der Waals surface area contributed by atoms with Crippen LogP contribution in [0.5, 0.6) is 0 Å². The number of hydrogen-bond donors (Lipinski definition) is 2. The van der Waals surface area contributed by atoms with E-state index < -0.39 is 0 Å². The van der Waals surface area contributed by atoms with Crippen LogP contribution in [0.25, 0.3) is 16.7 Å². The molecular formula is C24H21N7O. The van der Waals surface area contributed by atoms with Crippen molar-refractivity contribution in [2.45, 2.75) is 12.8 Å². The standard InChI is InChI=1S/C24H21N7O/c1-16(17-8-3-2-4-9-17)15-25-24(32)18-10-7-11-19(14-18)26-22-23-28-29-30-31(23)21-13-6-5-12-20(21)27-22/h2-14,16H,15H2,1H3,(H,25,32)(H,26,27). The summed E-state index contributed by atoms with van der Waals surface area (Å²) in [5.41, 5.74) is 4.57. The minimum atomic E-state index is -0.128. The van der Waals surface area contributed by atoms with Gasteiger partial charge in [-0.25, -0.2) is 4.98 Å². The fraction of sp³-hybridized carbons (Fsp3) is 0.125. The van der Waals surface area contributed by atoms with Gasteiger partial charge < -0.3 is 10.6 Å². The molecule has 0 spiro atoms. The molecule has 0 bridgehead atoms. The molecule has 2 heterocycles. The molecule has 5 rings (SSSR count). The first-order chi connectivity index (χ1) is 15.7. The van der Waals surface area contributed by atoms with Gasteiger partial charge in [-0.2, -0.15) is 4.52 Å². The third-order valence-electron chi connectivity index (χ3n) is 5.35. The van der Waals surface area contributed by atoms with Crippen LogP contribution in [0.4, 0.5) is 11.5 Å². The van der Waals surface area contributed by atoms with E-state index in [-0.39, 0.29) is 11.8 Å². The highest BCUT2D eigenvalue weighted by Gasteiger charge is 2.13. The zero-order valence-electron chi connectivity index (χ0n) is 17.4. The molecule has 3 aromatic carbocycles. The van der Waals surface area contributed by atoms with Gasteiger partial charge in [0.25, 0.3) is 5.91 Å². The van der Waals surface area contributed by atoms with Crippen molar-refractivity contribution in [1.82, 2.24) is 30.3 Å². The van der Waals surface area contributed by atoms with Gasteiger partial charge in [-0.05, 0) is 52.2 Å². The van der Waals surface area contributed by atoms with E-state index in [0.29, 0.717) is 23.6 Å². The van der Waals surface area contributed by atoms with Crippen molar-refractivity contribution >= 4 is 34.1 Å². The van der Waals surface area contributed by atoms with Crippen molar-refractivity contribution in [3.63, 3.8) is 0 Å². The van der Waals surface area contributed by atoms with Crippen molar-refractivity contribution in [3.05, 3.63) is 90.0 Å². The summed E-state index contributed by atoms with van der Waals surface area (Å²) in [6.45, 7) is 2.65. The molecule has 5 aromatic rings. The molecule has 2 N–H and O–H groups in total. The predicted octanol–water partition coefficient (Wildman–Crippen LogP) is 3.95. The molecule has 0 aliphatic heterocycles. The second-order valence-electron chi connectivity index (χ2n) is 7.59. The van der Waals surface area contributed by atoms with Gasteiger partial charge >= 0.3 is 0 Å². The van der Waals surface area contributed by atoms with E-state index >= 15 is 0 Å². The number of amides is 1. The van der Waals surface area contributed by atoms with Gasteiger partial charge in [-0.15, -0.1) is 5.10 Å². The van der Waals surface area contributed by atoms with Crippen LogP contribution in [0.1, 0.15) is 28.8 Å². The second-order valence-corrected chi connectivity index (χ2v) is 7.59. The summed E-state index contributed by atoms with van der Waals surface area (Å²) in [5.74, 6) is 0.609. The number of hydrogen-bond acceptors (Lipinski definition) is 6. The van der Waals surface area contributed by atoms with E-state index in [1.165, 1.54) is 5.56 Å². The summed E-state index contributed by atoms with van der Waals surface area (Å²) < 4.78 is 1.65. The highest BCUT2D eigenvalue weighted by molar-refractivity contribution is 5.95. The van der Waals surface area contributed by atoms with Gasteiger partial charge in [0.2, 0.25) is 5.65 Å². The maximum atomic E-state index is 12.7. The van der Waals surface area contributed by atoms with Crippen molar-refractivity contribution < 1.29 is 4.79 Å². The van der Waals surface area contributed by atoms with Crippen LogP contribution in [0.3, 0.4) is 0 Å². The van der Waals surface area contributed by atoms with Crippen LogP contribution < -0.4 is 10.6 Å². The average Bonchev–Trinajstić information content (AvgIpc) is 3.34. The molecule has 8 nitrogen and oxygen atoms in total. The fourth-order valence-corrected chi connectivity index (χ4v) is 3.61. The van der Waals surface area contributed by atoms with Crippen LogP contribution >= 0.6 is 0 Å². The second kappa shape index (κ2) is 8.43. The first-order valence-corrected chi connectivity index (χ1v) is 10.4. The number of rotatable bonds is 6. The van der Waals surface area contributed by atoms with Crippen molar-refractivity contribution in [3.8, 4) is 0 Å². The number of nitrogens with zero attached hydrogens (tertiary/aromatic N) is 5. The van der Waals surface area contributed by atoms with Gasteiger partial charge in [0.05, 0.1) is 11.0 Å². The largest absolute Gasteiger partial charge is 0.351 e. The Labute approximate surface area is 184 Å². The number of benzene rings is 3. The number of aromatic nitrogens is 5. The molecule has 1 unspecified atom stereocenters. The van der Waals surface area contributed by atoms with E-state index in [0.717, 1.165) is 16.7 Å². The van der Waals surface area contributed by atoms with Crippen molar-refractivity contribution in [2.24, 2.45) is 0 Å². The molecule has 8 heteroatoms. The van der Waals surface area contributed by atoms with Gasteiger partial charge in [0.1, 0.15) is 0 Å². The highest BCUT2D eigenvalue weighted by atomic mass is 16.1. The van der Waals surface area contributed by atoms with E-state index in [2.05, 4.69) is 50.2 Å². The van der Waals surface area contributed by atoms with Gasteiger partial charge in [0, 0.05) is 17.8 Å². The third-order valence-corrected chi connectivity index (χ3v) is 5.35. The summed E-state index contributed by atoms with van der Waals surface area (Å²) in [6.07, 6.45) is 0. The number of carbonyl (C=O) groups is 1. The lowest BCUT2D eigenvalue weighted by atomic mass is 10.0. The Balaban J connectivity index is 1.35. The van der Waals surface area contributed by atoms with Crippen LogP contribution in [-0.4, -0.2) is 37.5 Å². The zero-order valence-corrected chi connectivity index (χ0v) is 17.4. The van der Waals surface area contributed by atoms with E-state index in [4.69, 9.17) is 0 Å². The molecule has 0 aliphatic carbocycles. The highest BCUT2D eigenvalue weighted by Crippen LogP contribution is 2.23. The lowest BCUT2D eigenvalue weighted by Crippen LogP contribution is -2.27. The Kier molecular flexibility index (Phi) is 5.17. The maximum absolute atomic E-state index is 12.7. The molecule has 158 valence electrons. The lowest BCUT2D eigenvalue weighted by Gasteiger charge is -2.14. The first-order valence-electron chi connectivity index (χ1n) is 10.4. The number of tetrazole rings is 1. The summed E-state index contributed by atoms with van der Waals surface area (Å²) >= 11 is 0. The van der Waals surface area contributed by atoms with Gasteiger partial charge in [-0.1, -0.05) is 55.5 Å². The minimum Gasteiger partial charge on any atom is -0.351 e. The van der Waals surface area contributed by atoms with E-state index in [9.17, 15) is 4.79 Å². The zero-order chi connectivity index (χ0) is 21.9. The summed E-state index contributed by atoms with van der Waals surface area (Å²) in [4.78, 5) is 17.4. The summed E-state index contributed by atoms with van der Waals surface area (Å²) in [5, 5.41) is 18.2. The number of carbonyl (C=O) groups excluding carboxylic acids is 1. The van der Waals surface area contributed by atoms with Crippen molar-refractivity contribution in [1.29, 1.82) is 0 Å². The molecule has 1 atom stereocenters. The summed E-state index contributed by atoms with van der Waals surface area (Å²) in [6, 6.07) is 25.1. The molecular weight excluding hydrogens is 402 g/mol. The van der Waals surface area contributed by atoms with Crippen LogP contribution in [-0.2, 0) is 0 Å². The lowest BCUT2D eigenvalue weighted by molar-refractivity contribution is 0.0951. The normalized spacial score (nSPS) is 12.0. The monoisotopic (exact) mass is 423 g/mol. The Morgan fingerprint density at radius 2 is 1.81 bits per heavy atom. The van der Waals surface area contributed by atoms with Gasteiger partial charge in [0.15, 0.2) is 5.82 Å². The van der Waals surface area contributed by atoms with Crippen LogP contribution in [0, 0.1) is 0 Å². The smallest absolute Gasteiger partial charge is 0.251 e. The molecule has 0 radical (unpaired) electrons. The Morgan fingerprint density at radius 3 is 2.69 bits per heavy atom. The molecule has 32 heavy (non-hydrogen) atoms. The molecule has 1 amide bonds. The average molecular weight is 423 g/mol. The number of anilines is 2. The minimum absolute atomic E-state index is 0.128. The number of para-hydroxylation sites is 2. The topological polar surface area (TPSA) is 97.1 Å². The van der Waals surface area contributed by atoms with E-state index in [1.807, 2.05) is 54.6 Å². The Morgan fingerprint density at radius 1 is 1.00 bits per heavy atom. The molecule has 0 aliphatic rings. The summed E-state index contributed by atoms with van der Waals surface area (Å²) in [7, 11) is 0. The molecule has 0 saturated carbocycles. The Hall–Kier alpha value is -4.33. The third kappa shape index (κ3) is 3.85. The Bertz CT molecular complexity index is 1400. The van der Waals surface area contributed by atoms with E-state index in [1.54, 1.807) is 16.6 Å². The quantitative estimate of drug-likeness (QED) is 0.429. The maximum Gasteiger partial charge on any atom is 0.251 e. The number of nitrogens with one attached hydrogen (secondary N) is 2. The molecule has 0 saturated heterocycles.